The first kappa shape index (κ1) is 22.6. The number of benzene rings is 1. The second-order valence-electron chi connectivity index (χ2n) is 7.67. The van der Waals surface area contributed by atoms with Gasteiger partial charge in [0.25, 0.3) is 0 Å². The first-order valence-electron chi connectivity index (χ1n) is 11.0. The van der Waals surface area contributed by atoms with Crippen LogP contribution in [0.25, 0.3) is 0 Å². The fourth-order valence-corrected chi connectivity index (χ4v) is 4.52. The van der Waals surface area contributed by atoms with Crippen LogP contribution in [0.2, 0.25) is 0 Å². The van der Waals surface area contributed by atoms with Crippen molar-refractivity contribution in [3.8, 4) is 11.5 Å². The second kappa shape index (κ2) is 12.0. The molecule has 0 amide bonds. The molecule has 4 heteroatoms. The van der Waals surface area contributed by atoms with Crippen molar-refractivity contribution in [2.45, 2.75) is 64.9 Å². The Balaban J connectivity index is 0.000000202. The molecule has 2 unspecified atom stereocenters. The van der Waals surface area contributed by atoms with Crippen LogP contribution < -0.4 is 9.47 Å². The summed E-state index contributed by atoms with van der Waals surface area (Å²) in [7, 11) is 3.25. The maximum atomic E-state index is 9.73. The Morgan fingerprint density at radius 2 is 1.54 bits per heavy atom. The van der Waals surface area contributed by atoms with Crippen LogP contribution in [0.1, 0.15) is 58.8 Å². The molecule has 0 bridgehead atoms. The van der Waals surface area contributed by atoms with Crippen LogP contribution in [0.3, 0.4) is 0 Å². The highest BCUT2D eigenvalue weighted by molar-refractivity contribution is 5.39. The number of hydrogen-bond acceptors (Lipinski definition) is 4. The number of ether oxygens (including phenoxy) is 2. The number of methoxy groups -OCH3 is 2. The minimum Gasteiger partial charge on any atom is -0.493 e. The molecular weight excluding hydrogens is 350 g/mol. The van der Waals surface area contributed by atoms with E-state index in [1.807, 2.05) is 38.1 Å². The summed E-state index contributed by atoms with van der Waals surface area (Å²) in [6.45, 7) is 6.49. The van der Waals surface area contributed by atoms with Gasteiger partial charge in [-0.1, -0.05) is 38.8 Å². The van der Waals surface area contributed by atoms with Crippen molar-refractivity contribution in [1.29, 1.82) is 0 Å². The highest BCUT2D eigenvalue weighted by atomic mass is 16.5. The lowest BCUT2D eigenvalue weighted by atomic mass is 9.91. The van der Waals surface area contributed by atoms with Gasteiger partial charge < -0.3 is 19.5 Å². The smallest absolute Gasteiger partial charge is 0.160 e. The fraction of sp³-hybridized carbons (Fsp3) is 0.667. The van der Waals surface area contributed by atoms with Crippen LogP contribution in [0.15, 0.2) is 36.0 Å². The Labute approximate surface area is 171 Å². The van der Waals surface area contributed by atoms with Gasteiger partial charge in [0.2, 0.25) is 0 Å². The molecule has 4 nitrogen and oxygen atoms in total. The normalized spacial score (nSPS) is 23.6. The molecule has 1 aliphatic heterocycles. The summed E-state index contributed by atoms with van der Waals surface area (Å²) in [4.78, 5) is 2.57. The lowest BCUT2D eigenvalue weighted by Crippen LogP contribution is -2.27. The summed E-state index contributed by atoms with van der Waals surface area (Å²) in [5.74, 6) is 3.23. The Morgan fingerprint density at radius 3 is 2.11 bits per heavy atom. The van der Waals surface area contributed by atoms with Crippen LogP contribution in [0.5, 0.6) is 11.5 Å². The van der Waals surface area contributed by atoms with Crippen molar-refractivity contribution in [1.82, 2.24) is 4.90 Å². The first-order valence-corrected chi connectivity index (χ1v) is 11.0. The van der Waals surface area contributed by atoms with E-state index in [1.165, 1.54) is 57.3 Å². The zero-order valence-corrected chi connectivity index (χ0v) is 18.2. The van der Waals surface area contributed by atoms with E-state index in [0.717, 1.165) is 29.8 Å². The number of likely N-dealkylation sites (tertiary alicyclic amines) is 1. The first-order chi connectivity index (χ1) is 13.7. The molecule has 0 spiro atoms. The van der Waals surface area contributed by atoms with Crippen molar-refractivity contribution in [3.05, 3.63) is 36.0 Å². The quantitative estimate of drug-likeness (QED) is 0.762. The minimum absolute atomic E-state index is 0.171. The molecule has 1 saturated carbocycles. The molecule has 4 rings (SSSR count). The molecule has 0 aromatic heterocycles. The molecule has 2 aliphatic carbocycles. The van der Waals surface area contributed by atoms with Gasteiger partial charge in [-0.2, -0.15) is 0 Å². The molecule has 28 heavy (non-hydrogen) atoms. The average molecular weight is 390 g/mol. The zero-order chi connectivity index (χ0) is 20.4. The molecular formula is C24H39NO3. The van der Waals surface area contributed by atoms with E-state index < -0.39 is 0 Å². The number of allylic oxidation sites excluding steroid dienone is 1. The average Bonchev–Trinajstić information content (AvgIpc) is 3.40. The van der Waals surface area contributed by atoms with Gasteiger partial charge in [0.1, 0.15) is 0 Å². The molecule has 1 saturated heterocycles. The summed E-state index contributed by atoms with van der Waals surface area (Å²) in [5, 5.41) is 9.73. The van der Waals surface area contributed by atoms with E-state index in [4.69, 9.17) is 9.47 Å². The summed E-state index contributed by atoms with van der Waals surface area (Å²) < 4.78 is 10.0. The molecule has 2 atom stereocenters. The van der Waals surface area contributed by atoms with E-state index in [2.05, 4.69) is 11.0 Å². The number of aliphatic hydroxyl groups excluding tert-OH is 1. The van der Waals surface area contributed by atoms with Crippen LogP contribution in [0.4, 0.5) is 0 Å². The predicted octanol–water partition coefficient (Wildman–Crippen LogP) is 5.27. The predicted molar refractivity (Wildman–Crippen MR) is 116 cm³/mol. The molecule has 158 valence electrons. The van der Waals surface area contributed by atoms with E-state index in [0.29, 0.717) is 0 Å². The van der Waals surface area contributed by atoms with Crippen LogP contribution in [-0.2, 0) is 0 Å². The largest absolute Gasteiger partial charge is 0.493 e. The minimum atomic E-state index is -0.171. The number of aliphatic hydroxyl groups is 1. The Hall–Kier alpha value is -1.68. The third-order valence-electron chi connectivity index (χ3n) is 5.95. The van der Waals surface area contributed by atoms with Gasteiger partial charge in [-0.3, -0.25) is 0 Å². The van der Waals surface area contributed by atoms with Crippen molar-refractivity contribution in [3.63, 3.8) is 0 Å². The second-order valence-corrected chi connectivity index (χ2v) is 7.67. The number of fused-ring (bicyclic) bond motifs is 1. The number of para-hydroxylation sites is 2. The Bertz CT molecular complexity index is 572. The Kier molecular flexibility index (Phi) is 9.69. The summed E-state index contributed by atoms with van der Waals surface area (Å²) >= 11 is 0. The maximum Gasteiger partial charge on any atom is 0.160 e. The van der Waals surface area contributed by atoms with Gasteiger partial charge in [-0.15, -0.1) is 0 Å². The molecule has 2 fully saturated rings. The number of rotatable bonds is 4. The van der Waals surface area contributed by atoms with Gasteiger partial charge in [0.15, 0.2) is 11.5 Å². The molecule has 1 aromatic carbocycles. The van der Waals surface area contributed by atoms with Gasteiger partial charge >= 0.3 is 0 Å². The Morgan fingerprint density at radius 1 is 0.929 bits per heavy atom. The fourth-order valence-electron chi connectivity index (χ4n) is 4.52. The molecule has 1 N–H and O–H groups in total. The molecule has 1 aromatic rings. The van der Waals surface area contributed by atoms with Gasteiger partial charge in [0, 0.05) is 24.7 Å². The third kappa shape index (κ3) is 6.16. The van der Waals surface area contributed by atoms with E-state index in [9.17, 15) is 5.11 Å². The molecule has 3 aliphatic rings. The van der Waals surface area contributed by atoms with Gasteiger partial charge in [-0.25, -0.2) is 0 Å². The van der Waals surface area contributed by atoms with Gasteiger partial charge in [-0.05, 0) is 56.2 Å². The van der Waals surface area contributed by atoms with E-state index in [-0.39, 0.29) is 6.10 Å². The standard InChI is InChI=1S/C14H23NO.C8H10O2.C2H6/c16-13-6-5-12-7-8-15(14(12)9-13)10-11-3-1-2-4-11;1-9-7-5-3-4-6-8(7)10-2;1-2/h9,11-13,16H,1-8,10H2;3-6H,1-2H3;1-2H3. The summed E-state index contributed by atoms with van der Waals surface area (Å²) in [6.07, 6.45) is 11.2. The van der Waals surface area contributed by atoms with Crippen LogP contribution in [-0.4, -0.2) is 43.4 Å². The highest BCUT2D eigenvalue weighted by Crippen LogP contribution is 2.38. The van der Waals surface area contributed by atoms with E-state index >= 15 is 0 Å². The number of nitrogens with zero attached hydrogens (tertiary/aromatic N) is 1. The maximum absolute atomic E-state index is 9.73. The van der Waals surface area contributed by atoms with E-state index in [1.54, 1.807) is 14.2 Å². The van der Waals surface area contributed by atoms with Gasteiger partial charge in [0.05, 0.1) is 20.3 Å². The SMILES string of the molecule is CC.COc1ccccc1OC.OC1C=C2C(CC1)CCN2CC1CCCC1. The summed E-state index contributed by atoms with van der Waals surface area (Å²) in [6, 6.07) is 7.53. The summed E-state index contributed by atoms with van der Waals surface area (Å²) in [5.41, 5.74) is 1.48. The highest BCUT2D eigenvalue weighted by Gasteiger charge is 2.32. The topological polar surface area (TPSA) is 41.9 Å². The lowest BCUT2D eigenvalue weighted by molar-refractivity contribution is 0.186. The third-order valence-corrected chi connectivity index (χ3v) is 5.95. The molecule has 0 radical (unpaired) electrons. The van der Waals surface area contributed by atoms with Crippen molar-refractivity contribution in [2.75, 3.05) is 27.3 Å². The van der Waals surface area contributed by atoms with Crippen LogP contribution >= 0.6 is 0 Å². The van der Waals surface area contributed by atoms with Crippen molar-refractivity contribution in [2.24, 2.45) is 11.8 Å². The lowest BCUT2D eigenvalue weighted by Gasteiger charge is -2.29. The van der Waals surface area contributed by atoms with Crippen molar-refractivity contribution >= 4 is 0 Å². The van der Waals surface area contributed by atoms with Crippen LogP contribution in [0, 0.1) is 11.8 Å². The zero-order valence-electron chi connectivity index (χ0n) is 18.2. The van der Waals surface area contributed by atoms with Crippen molar-refractivity contribution < 1.29 is 14.6 Å². The number of hydrogen-bond donors (Lipinski definition) is 1. The molecule has 1 heterocycles. The monoisotopic (exact) mass is 389 g/mol.